The van der Waals surface area contributed by atoms with Crippen molar-refractivity contribution in [2.75, 3.05) is 11.9 Å². The van der Waals surface area contributed by atoms with Gasteiger partial charge in [-0.3, -0.25) is 5.43 Å². The molecule has 3 nitrogen and oxygen atoms in total. The Bertz CT molecular complexity index is 1010. The van der Waals surface area contributed by atoms with Crippen molar-refractivity contribution in [3.8, 4) is 0 Å². The smallest absolute Gasteiger partial charge is 0.150 e. The fourth-order valence-electron chi connectivity index (χ4n) is 3.68. The molecule has 0 radical (unpaired) electrons. The molecule has 1 spiro atoms. The van der Waals surface area contributed by atoms with Gasteiger partial charge in [0.05, 0.1) is 6.54 Å². The standard InChI is InChI=1S/C21H19N3S/c1-2-14-10-11-19-18(12-14)21(13-22-19)24-23-20(25-21)17-9-5-7-15-6-3-4-8-16(15)17/h3-12,22,24H,2,13H2,1H3. The van der Waals surface area contributed by atoms with E-state index in [-0.39, 0.29) is 4.87 Å². The van der Waals surface area contributed by atoms with Crippen LogP contribution in [0.15, 0.2) is 65.8 Å². The topological polar surface area (TPSA) is 36.4 Å². The van der Waals surface area contributed by atoms with Crippen LogP contribution in [0.3, 0.4) is 0 Å². The largest absolute Gasteiger partial charge is 0.381 e. The Balaban J connectivity index is 1.55. The number of hydrazone groups is 1. The molecule has 2 heterocycles. The van der Waals surface area contributed by atoms with E-state index in [2.05, 4.69) is 78.3 Å². The molecule has 0 aromatic heterocycles. The highest BCUT2D eigenvalue weighted by atomic mass is 32.2. The van der Waals surface area contributed by atoms with Crippen LogP contribution in [0.4, 0.5) is 5.69 Å². The van der Waals surface area contributed by atoms with Gasteiger partial charge < -0.3 is 5.32 Å². The highest BCUT2D eigenvalue weighted by Gasteiger charge is 2.44. The number of aryl methyl sites for hydroxylation is 1. The van der Waals surface area contributed by atoms with Crippen LogP contribution in [0.2, 0.25) is 0 Å². The summed E-state index contributed by atoms with van der Waals surface area (Å²) >= 11 is 1.83. The van der Waals surface area contributed by atoms with E-state index in [0.29, 0.717) is 0 Å². The molecule has 0 aliphatic carbocycles. The van der Waals surface area contributed by atoms with Crippen molar-refractivity contribution in [1.82, 2.24) is 5.43 Å². The normalized spacial score (nSPS) is 21.1. The van der Waals surface area contributed by atoms with E-state index in [1.807, 2.05) is 11.8 Å². The molecule has 3 aromatic rings. The second-order valence-electron chi connectivity index (χ2n) is 6.57. The Morgan fingerprint density at radius 1 is 1.08 bits per heavy atom. The van der Waals surface area contributed by atoms with Gasteiger partial charge in [0.15, 0.2) is 0 Å². The van der Waals surface area contributed by atoms with Crippen molar-refractivity contribution >= 4 is 33.3 Å². The maximum absolute atomic E-state index is 4.74. The Labute approximate surface area is 151 Å². The summed E-state index contributed by atoms with van der Waals surface area (Å²) in [5, 5.41) is 11.8. The predicted octanol–water partition coefficient (Wildman–Crippen LogP) is 4.68. The Hall–Kier alpha value is -2.46. The lowest BCUT2D eigenvalue weighted by Crippen LogP contribution is -2.34. The van der Waals surface area contributed by atoms with Gasteiger partial charge in [-0.05, 0) is 28.8 Å². The Morgan fingerprint density at radius 2 is 1.96 bits per heavy atom. The zero-order chi connectivity index (χ0) is 16.9. The van der Waals surface area contributed by atoms with E-state index in [4.69, 9.17) is 5.10 Å². The molecule has 0 fully saturated rings. The number of nitrogens with one attached hydrogen (secondary N) is 2. The van der Waals surface area contributed by atoms with Gasteiger partial charge in [-0.25, -0.2) is 0 Å². The van der Waals surface area contributed by atoms with E-state index >= 15 is 0 Å². The lowest BCUT2D eigenvalue weighted by atomic mass is 10.0. The summed E-state index contributed by atoms with van der Waals surface area (Å²) in [5.74, 6) is 0. The van der Waals surface area contributed by atoms with Gasteiger partial charge >= 0.3 is 0 Å². The summed E-state index contributed by atoms with van der Waals surface area (Å²) in [6, 6.07) is 21.7. The maximum atomic E-state index is 4.74. The van der Waals surface area contributed by atoms with Gasteiger partial charge in [0.2, 0.25) is 0 Å². The summed E-state index contributed by atoms with van der Waals surface area (Å²) in [5.41, 5.74) is 8.54. The second kappa shape index (κ2) is 5.53. The van der Waals surface area contributed by atoms with Gasteiger partial charge in [0.25, 0.3) is 0 Å². The number of rotatable bonds is 2. The number of benzene rings is 3. The average molecular weight is 345 g/mol. The van der Waals surface area contributed by atoms with Crippen LogP contribution in [-0.4, -0.2) is 11.6 Å². The molecule has 2 N–H and O–H groups in total. The average Bonchev–Trinajstić information content (AvgIpc) is 3.26. The highest BCUT2D eigenvalue weighted by Crippen LogP contribution is 2.48. The predicted molar refractivity (Wildman–Crippen MR) is 107 cm³/mol. The molecule has 124 valence electrons. The number of fused-ring (bicyclic) bond motifs is 3. The lowest BCUT2D eigenvalue weighted by molar-refractivity contribution is 0.560. The van der Waals surface area contributed by atoms with Crippen LogP contribution >= 0.6 is 11.8 Å². The minimum atomic E-state index is -0.202. The van der Waals surface area contributed by atoms with Gasteiger partial charge in [0, 0.05) is 16.8 Å². The monoisotopic (exact) mass is 345 g/mol. The van der Waals surface area contributed by atoms with Crippen LogP contribution < -0.4 is 10.7 Å². The zero-order valence-electron chi connectivity index (χ0n) is 14.0. The summed E-state index contributed by atoms with van der Waals surface area (Å²) in [4.78, 5) is -0.202. The van der Waals surface area contributed by atoms with Crippen molar-refractivity contribution in [2.24, 2.45) is 5.10 Å². The molecule has 0 saturated carbocycles. The van der Waals surface area contributed by atoms with Gasteiger partial charge in [-0.1, -0.05) is 73.3 Å². The zero-order valence-corrected chi connectivity index (χ0v) is 14.9. The summed E-state index contributed by atoms with van der Waals surface area (Å²) in [6.45, 7) is 3.04. The Morgan fingerprint density at radius 3 is 2.88 bits per heavy atom. The number of hydrogen-bond acceptors (Lipinski definition) is 4. The first-order valence-corrected chi connectivity index (χ1v) is 9.50. The third-order valence-electron chi connectivity index (χ3n) is 5.08. The minimum Gasteiger partial charge on any atom is -0.381 e. The van der Waals surface area contributed by atoms with Crippen LogP contribution in [0, 0.1) is 0 Å². The molecule has 0 amide bonds. The highest BCUT2D eigenvalue weighted by molar-refractivity contribution is 8.15. The molecule has 0 saturated heterocycles. The molecule has 1 atom stereocenters. The van der Waals surface area contributed by atoms with Crippen LogP contribution in [0.5, 0.6) is 0 Å². The fraction of sp³-hybridized carbons (Fsp3) is 0.190. The fourth-order valence-corrected chi connectivity index (χ4v) is 4.91. The summed E-state index contributed by atoms with van der Waals surface area (Å²) in [7, 11) is 0. The molecule has 5 rings (SSSR count). The molecule has 3 aromatic carbocycles. The van der Waals surface area contributed by atoms with E-state index in [1.165, 1.54) is 33.2 Å². The minimum absolute atomic E-state index is 0.202. The maximum Gasteiger partial charge on any atom is 0.150 e. The number of nitrogens with zero attached hydrogens (tertiary/aromatic N) is 1. The molecule has 25 heavy (non-hydrogen) atoms. The number of anilines is 1. The third-order valence-corrected chi connectivity index (χ3v) is 6.39. The van der Waals surface area contributed by atoms with Crippen LogP contribution in [0.1, 0.15) is 23.6 Å². The lowest BCUT2D eigenvalue weighted by Gasteiger charge is -2.22. The van der Waals surface area contributed by atoms with Gasteiger partial charge in [-0.15, -0.1) is 0 Å². The summed E-state index contributed by atoms with van der Waals surface area (Å²) < 4.78 is 0. The molecule has 4 heteroatoms. The quantitative estimate of drug-likeness (QED) is 0.708. The van der Waals surface area contributed by atoms with E-state index in [0.717, 1.165) is 18.0 Å². The van der Waals surface area contributed by atoms with Crippen molar-refractivity contribution in [2.45, 2.75) is 18.2 Å². The van der Waals surface area contributed by atoms with Gasteiger partial charge in [0.1, 0.15) is 9.91 Å². The first-order valence-electron chi connectivity index (χ1n) is 8.68. The molecule has 2 aliphatic heterocycles. The summed E-state index contributed by atoms with van der Waals surface area (Å²) in [6.07, 6.45) is 1.05. The van der Waals surface area contributed by atoms with Crippen molar-refractivity contribution < 1.29 is 0 Å². The number of hydrogen-bond donors (Lipinski definition) is 2. The SMILES string of the molecule is CCc1ccc2c(c1)C1(CN2)NN=C(c2cccc3ccccc23)S1. The van der Waals surface area contributed by atoms with Crippen LogP contribution in [0.25, 0.3) is 10.8 Å². The van der Waals surface area contributed by atoms with Crippen molar-refractivity contribution in [1.29, 1.82) is 0 Å². The van der Waals surface area contributed by atoms with Crippen molar-refractivity contribution in [3.63, 3.8) is 0 Å². The molecular weight excluding hydrogens is 326 g/mol. The molecular formula is C21H19N3S. The Kier molecular flexibility index (Phi) is 3.28. The second-order valence-corrected chi connectivity index (χ2v) is 7.86. The van der Waals surface area contributed by atoms with E-state index < -0.39 is 0 Å². The third kappa shape index (κ3) is 2.24. The molecule has 1 unspecified atom stereocenters. The van der Waals surface area contributed by atoms with Crippen molar-refractivity contribution in [3.05, 3.63) is 77.4 Å². The molecule has 0 bridgehead atoms. The first kappa shape index (κ1) is 14.8. The van der Waals surface area contributed by atoms with E-state index in [1.54, 1.807) is 0 Å². The molecule has 2 aliphatic rings. The first-order chi connectivity index (χ1) is 12.3. The van der Waals surface area contributed by atoms with Gasteiger partial charge in [-0.2, -0.15) is 5.10 Å². The number of thioether (sulfide) groups is 1. The van der Waals surface area contributed by atoms with E-state index in [9.17, 15) is 0 Å². The van der Waals surface area contributed by atoms with Crippen LogP contribution in [-0.2, 0) is 11.3 Å².